The normalized spacial score (nSPS) is 18.5. The van der Waals surface area contributed by atoms with Crippen molar-refractivity contribution in [3.8, 4) is 0 Å². The summed E-state index contributed by atoms with van der Waals surface area (Å²) in [4.78, 5) is 71.6. The number of likely N-dealkylation sites (tertiary alicyclic amines) is 1. The first-order chi connectivity index (χ1) is 17.8. The highest BCUT2D eigenvalue weighted by Crippen LogP contribution is 2.18. The van der Waals surface area contributed by atoms with E-state index in [-0.39, 0.29) is 24.7 Å². The van der Waals surface area contributed by atoms with E-state index in [9.17, 15) is 29.1 Å². The lowest BCUT2D eigenvalue weighted by Crippen LogP contribution is -2.59. The van der Waals surface area contributed by atoms with E-state index in [0.717, 1.165) is 0 Å². The molecule has 4 amide bonds. The minimum absolute atomic E-state index is 0.0158. The number of nitrogens with one attached hydrogen (secondary N) is 4. The average Bonchev–Trinajstić information content (AvgIpc) is 3.53. The number of amides is 4. The zero-order chi connectivity index (χ0) is 28.6. The Morgan fingerprint density at radius 2 is 1.68 bits per heavy atom. The van der Waals surface area contributed by atoms with Crippen molar-refractivity contribution in [1.29, 1.82) is 0 Å². The van der Waals surface area contributed by atoms with Crippen LogP contribution >= 0.6 is 0 Å². The van der Waals surface area contributed by atoms with Gasteiger partial charge in [-0.15, -0.1) is 0 Å². The first-order valence-electron chi connectivity index (χ1n) is 13.0. The summed E-state index contributed by atoms with van der Waals surface area (Å²) >= 11 is 0. The summed E-state index contributed by atoms with van der Waals surface area (Å²) in [5.41, 5.74) is 6.56. The van der Waals surface area contributed by atoms with Gasteiger partial charge in [-0.05, 0) is 38.0 Å². The number of carboxylic acids is 1. The van der Waals surface area contributed by atoms with Crippen LogP contribution in [0.3, 0.4) is 0 Å². The Balaban J connectivity index is 2.14. The number of hydrogen-bond acceptors (Lipinski definition) is 7. The maximum Gasteiger partial charge on any atom is 0.326 e. The molecule has 1 aromatic rings. The number of nitrogens with two attached hydrogens (primary N) is 1. The summed E-state index contributed by atoms with van der Waals surface area (Å²) < 4.78 is 0. The van der Waals surface area contributed by atoms with Crippen molar-refractivity contribution >= 4 is 29.6 Å². The van der Waals surface area contributed by atoms with E-state index in [1.54, 1.807) is 13.8 Å². The molecule has 0 aliphatic carbocycles. The first-order valence-corrected chi connectivity index (χ1v) is 13.0. The number of carbonyl (C=O) groups excluding carboxylic acids is 4. The molecule has 212 valence electrons. The number of H-pyrrole nitrogens is 1. The van der Waals surface area contributed by atoms with Crippen LogP contribution in [0.4, 0.5) is 0 Å². The quantitative estimate of drug-likeness (QED) is 0.195. The Labute approximate surface area is 222 Å². The molecule has 5 atom stereocenters. The molecule has 0 aromatic carbocycles. The Morgan fingerprint density at radius 1 is 1.05 bits per heavy atom. The number of aromatic nitrogens is 2. The minimum Gasteiger partial charge on any atom is -0.480 e. The van der Waals surface area contributed by atoms with Crippen molar-refractivity contribution < 1.29 is 29.1 Å². The lowest BCUT2D eigenvalue weighted by atomic mass is 10.0. The number of rotatable bonds is 13. The van der Waals surface area contributed by atoms with Crippen LogP contribution in [0.1, 0.15) is 59.6 Å². The zero-order valence-corrected chi connectivity index (χ0v) is 22.7. The van der Waals surface area contributed by atoms with Gasteiger partial charge in [-0.2, -0.15) is 0 Å². The number of aromatic amines is 1. The second kappa shape index (κ2) is 13.9. The van der Waals surface area contributed by atoms with Gasteiger partial charge in [0, 0.05) is 24.9 Å². The highest BCUT2D eigenvalue weighted by Gasteiger charge is 2.37. The molecule has 1 saturated heterocycles. The molecule has 0 spiro atoms. The SMILES string of the molecule is CC(C)C[C@H](NC(=O)[C@H](Cc1cnc[nH]1)NC(=O)[C@@H](N)C(C)C)C(=O)N[C@@H](C)C(=O)N1CCC[C@H]1C(=O)O. The summed E-state index contributed by atoms with van der Waals surface area (Å²) in [6.07, 6.45) is 4.28. The molecule has 38 heavy (non-hydrogen) atoms. The van der Waals surface area contributed by atoms with Gasteiger partial charge in [-0.25, -0.2) is 9.78 Å². The fourth-order valence-corrected chi connectivity index (χ4v) is 4.28. The smallest absolute Gasteiger partial charge is 0.326 e. The molecular weight excluding hydrogens is 494 g/mol. The van der Waals surface area contributed by atoms with Gasteiger partial charge in [-0.3, -0.25) is 19.2 Å². The van der Waals surface area contributed by atoms with Crippen LogP contribution in [-0.4, -0.2) is 86.3 Å². The zero-order valence-electron chi connectivity index (χ0n) is 22.7. The van der Waals surface area contributed by atoms with Crippen molar-refractivity contribution in [2.75, 3.05) is 6.54 Å². The van der Waals surface area contributed by atoms with E-state index >= 15 is 0 Å². The Morgan fingerprint density at radius 3 is 2.24 bits per heavy atom. The topological polar surface area (TPSA) is 200 Å². The summed E-state index contributed by atoms with van der Waals surface area (Å²) in [5.74, 6) is -3.38. The molecule has 0 saturated carbocycles. The van der Waals surface area contributed by atoms with Gasteiger partial charge in [0.15, 0.2) is 0 Å². The molecule has 0 bridgehead atoms. The molecule has 13 nitrogen and oxygen atoms in total. The van der Waals surface area contributed by atoms with Gasteiger partial charge < -0.3 is 36.7 Å². The van der Waals surface area contributed by atoms with Gasteiger partial charge in [0.2, 0.25) is 23.6 Å². The highest BCUT2D eigenvalue weighted by molar-refractivity contribution is 5.95. The molecule has 13 heteroatoms. The van der Waals surface area contributed by atoms with Crippen molar-refractivity contribution in [2.24, 2.45) is 17.6 Å². The Bertz CT molecular complexity index is 981. The fourth-order valence-electron chi connectivity index (χ4n) is 4.28. The number of imidazole rings is 1. The van der Waals surface area contributed by atoms with Gasteiger partial charge in [0.25, 0.3) is 0 Å². The number of nitrogens with zero attached hydrogens (tertiary/aromatic N) is 2. The van der Waals surface area contributed by atoms with Crippen molar-refractivity contribution in [3.63, 3.8) is 0 Å². The third kappa shape index (κ3) is 8.54. The molecule has 0 radical (unpaired) electrons. The molecular formula is C25H41N7O6. The second-order valence-corrected chi connectivity index (χ2v) is 10.6. The average molecular weight is 536 g/mol. The number of aliphatic carboxylic acids is 1. The van der Waals surface area contributed by atoms with Crippen LogP contribution in [-0.2, 0) is 30.4 Å². The number of carboxylic acid groups (broad SMARTS) is 1. The summed E-state index contributed by atoms with van der Waals surface area (Å²) in [7, 11) is 0. The summed E-state index contributed by atoms with van der Waals surface area (Å²) in [5, 5.41) is 17.4. The second-order valence-electron chi connectivity index (χ2n) is 10.6. The standard InChI is InChI=1S/C25H41N7O6/c1-13(2)9-17(21(33)29-15(5)24(36)32-8-6-7-19(32)25(37)38)30-22(34)18(10-16-11-27-12-28-16)31-23(35)20(26)14(3)4/h11-15,17-20H,6-10,26H2,1-5H3,(H,27,28)(H,29,33)(H,30,34)(H,31,35)(H,37,38)/t15-,17-,18-,19-,20-/m0/s1. The molecule has 2 rings (SSSR count). The van der Waals surface area contributed by atoms with Crippen LogP contribution in [0.2, 0.25) is 0 Å². The Hall–Kier alpha value is -3.48. The van der Waals surface area contributed by atoms with Crippen LogP contribution in [0.25, 0.3) is 0 Å². The van der Waals surface area contributed by atoms with Crippen molar-refractivity contribution in [2.45, 2.75) is 90.5 Å². The third-order valence-corrected chi connectivity index (χ3v) is 6.52. The molecule has 7 N–H and O–H groups in total. The largest absolute Gasteiger partial charge is 0.480 e. The van der Waals surface area contributed by atoms with Crippen LogP contribution in [0, 0.1) is 11.8 Å². The molecule has 1 aliphatic heterocycles. The lowest BCUT2D eigenvalue weighted by Gasteiger charge is -2.28. The van der Waals surface area contributed by atoms with E-state index in [4.69, 9.17) is 5.73 Å². The highest BCUT2D eigenvalue weighted by atomic mass is 16.4. The van der Waals surface area contributed by atoms with Gasteiger partial charge in [-0.1, -0.05) is 27.7 Å². The minimum atomic E-state index is -1.08. The Kier molecular flexibility index (Phi) is 11.2. The molecule has 1 aliphatic rings. The van der Waals surface area contributed by atoms with Gasteiger partial charge in [0.05, 0.1) is 12.4 Å². The van der Waals surface area contributed by atoms with E-state index in [2.05, 4.69) is 25.9 Å². The van der Waals surface area contributed by atoms with Crippen molar-refractivity contribution in [3.05, 3.63) is 18.2 Å². The molecule has 1 aromatic heterocycles. The van der Waals surface area contributed by atoms with E-state index in [1.807, 2.05) is 13.8 Å². The van der Waals surface area contributed by atoms with E-state index in [0.29, 0.717) is 25.1 Å². The molecule has 0 unspecified atom stereocenters. The van der Waals surface area contributed by atoms with Gasteiger partial charge >= 0.3 is 5.97 Å². The predicted molar refractivity (Wildman–Crippen MR) is 138 cm³/mol. The monoisotopic (exact) mass is 535 g/mol. The fraction of sp³-hybridized carbons (Fsp3) is 0.680. The number of hydrogen-bond donors (Lipinski definition) is 6. The van der Waals surface area contributed by atoms with E-state index in [1.165, 1.54) is 24.3 Å². The lowest BCUT2D eigenvalue weighted by molar-refractivity contribution is -0.149. The predicted octanol–water partition coefficient (Wildman–Crippen LogP) is -0.468. The third-order valence-electron chi connectivity index (χ3n) is 6.52. The van der Waals surface area contributed by atoms with Crippen LogP contribution in [0.15, 0.2) is 12.5 Å². The van der Waals surface area contributed by atoms with Crippen LogP contribution < -0.4 is 21.7 Å². The maximum absolute atomic E-state index is 13.3. The molecule has 2 heterocycles. The van der Waals surface area contributed by atoms with E-state index < -0.39 is 59.8 Å². The first kappa shape index (κ1) is 30.7. The van der Waals surface area contributed by atoms with Gasteiger partial charge in [0.1, 0.15) is 24.2 Å². The summed E-state index contributed by atoms with van der Waals surface area (Å²) in [6.45, 7) is 9.14. The van der Waals surface area contributed by atoms with Crippen molar-refractivity contribution in [1.82, 2.24) is 30.8 Å². The summed E-state index contributed by atoms with van der Waals surface area (Å²) in [6, 6.07) is -4.76. The molecule has 1 fully saturated rings. The van der Waals surface area contributed by atoms with Crippen LogP contribution in [0.5, 0.6) is 0 Å². The number of carbonyl (C=O) groups is 5. The maximum atomic E-state index is 13.3.